The molecule has 0 bridgehead atoms. The van der Waals surface area contributed by atoms with E-state index in [0.717, 1.165) is 0 Å². The number of carbonyl (C=O) groups is 2. The summed E-state index contributed by atoms with van der Waals surface area (Å²) in [4.78, 5) is 25.4. The van der Waals surface area contributed by atoms with E-state index in [4.69, 9.17) is 11.6 Å². The van der Waals surface area contributed by atoms with Gasteiger partial charge in [0.2, 0.25) is 15.9 Å². The van der Waals surface area contributed by atoms with Gasteiger partial charge in [-0.3, -0.25) is 9.59 Å². The molecule has 31 heavy (non-hydrogen) atoms. The average molecular weight is 464 g/mol. The fourth-order valence-corrected chi connectivity index (χ4v) is 5.07. The Morgan fingerprint density at radius 3 is 2.26 bits per heavy atom. The van der Waals surface area contributed by atoms with Crippen molar-refractivity contribution in [1.82, 2.24) is 9.62 Å². The van der Waals surface area contributed by atoms with E-state index in [9.17, 15) is 18.0 Å². The summed E-state index contributed by atoms with van der Waals surface area (Å²) in [6.45, 7) is 4.23. The molecule has 0 aromatic heterocycles. The Balaban J connectivity index is 1.64. The number of rotatable bonds is 6. The van der Waals surface area contributed by atoms with Gasteiger partial charge >= 0.3 is 0 Å². The molecule has 1 saturated heterocycles. The largest absolute Gasteiger partial charge is 0.350 e. The molecule has 0 radical (unpaired) electrons. The standard InChI is InChI=1S/C22H26ClN3O4S/c1-15(2)24-22(28)19-5-3-4-6-20(19)25-21(27)16-11-13-26(14-12-16)31(29,30)18-9-7-17(23)8-10-18/h3-10,15-16H,11-14H2,1-2H3,(H,24,28)(H,25,27). The molecule has 0 saturated carbocycles. The van der Waals surface area contributed by atoms with Crippen molar-refractivity contribution in [3.63, 3.8) is 0 Å². The van der Waals surface area contributed by atoms with E-state index < -0.39 is 10.0 Å². The highest BCUT2D eigenvalue weighted by molar-refractivity contribution is 7.89. The Bertz CT molecular complexity index is 1050. The van der Waals surface area contributed by atoms with Crippen molar-refractivity contribution in [3.8, 4) is 0 Å². The lowest BCUT2D eigenvalue weighted by molar-refractivity contribution is -0.120. The van der Waals surface area contributed by atoms with Gasteiger partial charge in [0, 0.05) is 30.1 Å². The van der Waals surface area contributed by atoms with E-state index in [2.05, 4.69) is 10.6 Å². The number of piperidine rings is 1. The Morgan fingerprint density at radius 2 is 1.65 bits per heavy atom. The van der Waals surface area contributed by atoms with Gasteiger partial charge < -0.3 is 10.6 Å². The van der Waals surface area contributed by atoms with Gasteiger partial charge in [-0.1, -0.05) is 23.7 Å². The van der Waals surface area contributed by atoms with Crippen LogP contribution in [0, 0.1) is 5.92 Å². The van der Waals surface area contributed by atoms with Crippen molar-refractivity contribution >= 4 is 39.1 Å². The molecule has 1 aliphatic rings. The molecule has 0 unspecified atom stereocenters. The molecule has 1 fully saturated rings. The second kappa shape index (κ2) is 9.80. The number of carbonyl (C=O) groups excluding carboxylic acids is 2. The van der Waals surface area contributed by atoms with Crippen molar-refractivity contribution < 1.29 is 18.0 Å². The van der Waals surface area contributed by atoms with Crippen LogP contribution >= 0.6 is 11.6 Å². The molecule has 3 rings (SSSR count). The number of halogens is 1. The van der Waals surface area contributed by atoms with Crippen LogP contribution < -0.4 is 10.6 Å². The molecule has 166 valence electrons. The first-order valence-corrected chi connectivity index (χ1v) is 12.0. The Labute approximate surface area is 187 Å². The average Bonchev–Trinajstić information content (AvgIpc) is 2.74. The van der Waals surface area contributed by atoms with Crippen LogP contribution in [0.4, 0.5) is 5.69 Å². The Kier molecular flexibility index (Phi) is 7.35. The molecule has 2 aromatic rings. The van der Waals surface area contributed by atoms with Gasteiger partial charge in [-0.2, -0.15) is 4.31 Å². The number of nitrogens with one attached hydrogen (secondary N) is 2. The van der Waals surface area contributed by atoms with Crippen molar-refractivity contribution in [3.05, 3.63) is 59.1 Å². The molecule has 1 heterocycles. The summed E-state index contributed by atoms with van der Waals surface area (Å²) in [6, 6.07) is 12.9. The van der Waals surface area contributed by atoms with Crippen molar-refractivity contribution in [1.29, 1.82) is 0 Å². The van der Waals surface area contributed by atoms with E-state index in [1.54, 1.807) is 36.4 Å². The minimum atomic E-state index is -3.63. The number of nitrogens with zero attached hydrogens (tertiary/aromatic N) is 1. The minimum absolute atomic E-state index is 0.0248. The van der Waals surface area contributed by atoms with Crippen LogP contribution in [-0.4, -0.2) is 43.7 Å². The second-order valence-electron chi connectivity index (χ2n) is 7.80. The maximum absolute atomic E-state index is 12.8. The lowest BCUT2D eigenvalue weighted by atomic mass is 9.97. The molecule has 0 aliphatic carbocycles. The number of hydrogen-bond acceptors (Lipinski definition) is 4. The van der Waals surface area contributed by atoms with E-state index >= 15 is 0 Å². The van der Waals surface area contributed by atoms with Crippen LogP contribution in [0.25, 0.3) is 0 Å². The number of sulfonamides is 1. The van der Waals surface area contributed by atoms with E-state index in [0.29, 0.717) is 29.1 Å². The summed E-state index contributed by atoms with van der Waals surface area (Å²) in [7, 11) is -3.63. The zero-order chi connectivity index (χ0) is 22.6. The van der Waals surface area contributed by atoms with Gasteiger partial charge in [0.25, 0.3) is 5.91 Å². The smallest absolute Gasteiger partial charge is 0.253 e. The monoisotopic (exact) mass is 463 g/mol. The third-order valence-electron chi connectivity index (χ3n) is 5.13. The summed E-state index contributed by atoms with van der Waals surface area (Å²) in [5.41, 5.74) is 0.842. The van der Waals surface area contributed by atoms with Crippen molar-refractivity contribution in [2.75, 3.05) is 18.4 Å². The quantitative estimate of drug-likeness (QED) is 0.685. The maximum Gasteiger partial charge on any atom is 0.253 e. The zero-order valence-corrected chi connectivity index (χ0v) is 19.0. The minimum Gasteiger partial charge on any atom is -0.350 e. The van der Waals surface area contributed by atoms with Gasteiger partial charge in [-0.05, 0) is 63.1 Å². The molecule has 9 heteroatoms. The summed E-state index contributed by atoms with van der Waals surface area (Å²) in [5.74, 6) is -0.805. The topological polar surface area (TPSA) is 95.6 Å². The van der Waals surface area contributed by atoms with Crippen molar-refractivity contribution in [2.45, 2.75) is 37.6 Å². The Morgan fingerprint density at radius 1 is 1.03 bits per heavy atom. The van der Waals surface area contributed by atoms with Crippen molar-refractivity contribution in [2.24, 2.45) is 5.92 Å². The van der Waals surface area contributed by atoms with Gasteiger partial charge in [-0.25, -0.2) is 8.42 Å². The first-order chi connectivity index (χ1) is 14.7. The molecule has 1 aliphatic heterocycles. The van der Waals surface area contributed by atoms with Crippen LogP contribution in [0.5, 0.6) is 0 Å². The lowest BCUT2D eigenvalue weighted by Crippen LogP contribution is -2.41. The summed E-state index contributed by atoms with van der Waals surface area (Å²) in [5, 5.41) is 6.13. The van der Waals surface area contributed by atoms with E-state index in [1.807, 2.05) is 13.8 Å². The molecular weight excluding hydrogens is 438 g/mol. The number of benzene rings is 2. The van der Waals surface area contributed by atoms with E-state index in [1.165, 1.54) is 16.4 Å². The summed E-state index contributed by atoms with van der Waals surface area (Å²) >= 11 is 5.85. The van der Waals surface area contributed by atoms with Gasteiger partial charge in [-0.15, -0.1) is 0 Å². The highest BCUT2D eigenvalue weighted by Crippen LogP contribution is 2.26. The predicted molar refractivity (Wildman–Crippen MR) is 121 cm³/mol. The number of anilines is 1. The number of amides is 2. The maximum atomic E-state index is 12.8. The molecule has 0 atom stereocenters. The SMILES string of the molecule is CC(C)NC(=O)c1ccccc1NC(=O)C1CCN(S(=O)(=O)c2ccc(Cl)cc2)CC1. The molecule has 2 amide bonds. The third-order valence-corrected chi connectivity index (χ3v) is 7.29. The zero-order valence-electron chi connectivity index (χ0n) is 17.5. The van der Waals surface area contributed by atoms with Crippen LogP contribution in [0.2, 0.25) is 5.02 Å². The molecule has 7 nitrogen and oxygen atoms in total. The third kappa shape index (κ3) is 5.64. The van der Waals surface area contributed by atoms with Crippen LogP contribution in [0.1, 0.15) is 37.0 Å². The predicted octanol–water partition coefficient (Wildman–Crippen LogP) is 3.52. The van der Waals surface area contributed by atoms with Crippen LogP contribution in [0.15, 0.2) is 53.4 Å². The van der Waals surface area contributed by atoms with Gasteiger partial charge in [0.05, 0.1) is 16.1 Å². The highest BCUT2D eigenvalue weighted by atomic mass is 35.5. The molecule has 2 aromatic carbocycles. The van der Waals surface area contributed by atoms with Gasteiger partial charge in [0.1, 0.15) is 0 Å². The van der Waals surface area contributed by atoms with Crippen LogP contribution in [-0.2, 0) is 14.8 Å². The first-order valence-electron chi connectivity index (χ1n) is 10.1. The fourth-order valence-electron chi connectivity index (χ4n) is 3.48. The number of para-hydroxylation sites is 1. The fraction of sp³-hybridized carbons (Fsp3) is 0.364. The lowest BCUT2D eigenvalue weighted by Gasteiger charge is -2.30. The van der Waals surface area contributed by atoms with Gasteiger partial charge in [0.15, 0.2) is 0 Å². The summed E-state index contributed by atoms with van der Waals surface area (Å²) in [6.07, 6.45) is 0.804. The Hall–Kier alpha value is -2.42. The normalized spacial score (nSPS) is 15.6. The highest BCUT2D eigenvalue weighted by Gasteiger charge is 2.32. The van der Waals surface area contributed by atoms with Crippen LogP contribution in [0.3, 0.4) is 0 Å². The molecular formula is C22H26ClN3O4S. The summed E-state index contributed by atoms with van der Waals surface area (Å²) < 4.78 is 27.0. The second-order valence-corrected chi connectivity index (χ2v) is 10.2. The molecule has 2 N–H and O–H groups in total. The van der Waals surface area contributed by atoms with E-state index in [-0.39, 0.29) is 41.8 Å². The molecule has 0 spiro atoms. The first kappa shape index (κ1) is 23.2. The number of hydrogen-bond donors (Lipinski definition) is 2.